The molecule has 14 heteroatoms. The number of rotatable bonds is 10. The van der Waals surface area contributed by atoms with E-state index in [1.54, 1.807) is 20.4 Å². The van der Waals surface area contributed by atoms with Crippen LogP contribution in [0.5, 0.6) is 5.75 Å². The molecule has 4 aromatic rings. The lowest BCUT2D eigenvalue weighted by atomic mass is 10.2. The number of hydrogen-bond donors (Lipinski definition) is 4. The number of amides is 1. The van der Waals surface area contributed by atoms with Crippen LogP contribution >= 0.6 is 0 Å². The molecule has 6 rings (SSSR count). The molecular formula is C26H29N11O3. The summed E-state index contributed by atoms with van der Waals surface area (Å²) in [6, 6.07) is 8.77. The molecule has 2 atom stereocenters. The second-order valence-corrected chi connectivity index (χ2v) is 9.59. The fraction of sp³-hybridized carbons (Fsp3) is 0.346. The van der Waals surface area contributed by atoms with Crippen LogP contribution in [0.25, 0.3) is 0 Å². The maximum absolute atomic E-state index is 13.3. The average molecular weight is 544 g/mol. The Balaban J connectivity index is 1.32. The van der Waals surface area contributed by atoms with Gasteiger partial charge in [0.05, 0.1) is 19.4 Å². The van der Waals surface area contributed by atoms with Crippen LogP contribution in [0.15, 0.2) is 48.9 Å². The van der Waals surface area contributed by atoms with Gasteiger partial charge in [-0.25, -0.2) is 4.98 Å². The van der Waals surface area contributed by atoms with Gasteiger partial charge in [-0.05, 0) is 25.0 Å². The Morgan fingerprint density at radius 1 is 1.05 bits per heavy atom. The molecule has 0 spiro atoms. The first kappa shape index (κ1) is 25.4. The van der Waals surface area contributed by atoms with Gasteiger partial charge in [0.15, 0.2) is 11.6 Å². The van der Waals surface area contributed by atoms with Gasteiger partial charge in [-0.15, -0.1) is 0 Å². The molecule has 2 aliphatic rings. The van der Waals surface area contributed by atoms with E-state index in [-0.39, 0.29) is 23.9 Å². The van der Waals surface area contributed by atoms with Gasteiger partial charge in [0.1, 0.15) is 11.8 Å². The second-order valence-electron chi connectivity index (χ2n) is 9.59. The van der Waals surface area contributed by atoms with E-state index in [9.17, 15) is 4.79 Å². The Bertz CT molecular complexity index is 1480. The Hall–Kier alpha value is -4.85. The summed E-state index contributed by atoms with van der Waals surface area (Å²) in [5.74, 6) is 2.76. The maximum Gasteiger partial charge on any atom is 0.248 e. The van der Waals surface area contributed by atoms with Crippen molar-refractivity contribution in [3.8, 4) is 5.75 Å². The van der Waals surface area contributed by atoms with Gasteiger partial charge in [-0.3, -0.25) is 14.9 Å². The molecule has 206 valence electrons. The van der Waals surface area contributed by atoms with E-state index < -0.39 is 6.04 Å². The fourth-order valence-electron chi connectivity index (χ4n) is 4.56. The Morgan fingerprint density at radius 3 is 2.65 bits per heavy atom. The molecule has 1 aromatic carbocycles. The minimum absolute atomic E-state index is 0.201. The predicted octanol–water partition coefficient (Wildman–Crippen LogP) is 2.99. The largest absolute Gasteiger partial charge is 0.497 e. The lowest BCUT2D eigenvalue weighted by Crippen LogP contribution is -2.41. The predicted molar refractivity (Wildman–Crippen MR) is 147 cm³/mol. The number of hydrogen-bond acceptors (Lipinski definition) is 12. The van der Waals surface area contributed by atoms with Gasteiger partial charge in [0.2, 0.25) is 23.8 Å². The molecule has 14 nitrogen and oxygen atoms in total. The first-order chi connectivity index (χ1) is 19.6. The van der Waals surface area contributed by atoms with Gasteiger partial charge >= 0.3 is 0 Å². The van der Waals surface area contributed by atoms with E-state index in [2.05, 4.69) is 51.1 Å². The summed E-state index contributed by atoms with van der Waals surface area (Å²) in [5, 5.41) is 16.7. The van der Waals surface area contributed by atoms with Crippen molar-refractivity contribution in [1.82, 2.24) is 35.1 Å². The van der Waals surface area contributed by atoms with Crippen molar-refractivity contribution in [3.05, 3.63) is 54.6 Å². The van der Waals surface area contributed by atoms with Gasteiger partial charge in [0.25, 0.3) is 0 Å². The number of nitrogens with one attached hydrogen (secondary N) is 4. The van der Waals surface area contributed by atoms with Crippen molar-refractivity contribution in [2.75, 3.05) is 41.6 Å². The maximum atomic E-state index is 13.3. The number of ether oxygens (including phenoxy) is 2. The molecule has 0 bridgehead atoms. The summed E-state index contributed by atoms with van der Waals surface area (Å²) in [7, 11) is 3.23. The molecular weight excluding hydrogens is 514 g/mol. The minimum Gasteiger partial charge on any atom is -0.497 e. The van der Waals surface area contributed by atoms with Gasteiger partial charge < -0.3 is 30.3 Å². The first-order valence-corrected chi connectivity index (χ1v) is 12.9. The highest BCUT2D eigenvalue weighted by atomic mass is 16.5. The average Bonchev–Trinajstić information content (AvgIpc) is 3.56. The highest BCUT2D eigenvalue weighted by molar-refractivity contribution is 5.96. The number of H-pyrrole nitrogens is 1. The van der Waals surface area contributed by atoms with Crippen molar-refractivity contribution in [2.24, 2.45) is 0 Å². The molecule has 0 radical (unpaired) electrons. The molecule has 1 aliphatic heterocycles. The van der Waals surface area contributed by atoms with Crippen molar-refractivity contribution in [1.29, 1.82) is 0 Å². The van der Waals surface area contributed by atoms with Gasteiger partial charge in [-0.2, -0.15) is 20.1 Å². The number of aromatic amines is 1. The van der Waals surface area contributed by atoms with Crippen LogP contribution in [0.2, 0.25) is 0 Å². The Labute approximate surface area is 230 Å². The third-order valence-electron chi connectivity index (χ3n) is 6.77. The van der Waals surface area contributed by atoms with Crippen LogP contribution in [0.3, 0.4) is 0 Å². The first-order valence-electron chi connectivity index (χ1n) is 12.9. The van der Waals surface area contributed by atoms with Crippen molar-refractivity contribution >= 4 is 41.1 Å². The highest BCUT2D eigenvalue weighted by Gasteiger charge is 2.39. The smallest absolute Gasteiger partial charge is 0.248 e. The number of nitrogens with zero attached hydrogens (tertiary/aromatic N) is 7. The molecule has 3 aromatic heterocycles. The topological polar surface area (TPSA) is 168 Å². The van der Waals surface area contributed by atoms with Gasteiger partial charge in [-0.1, -0.05) is 6.07 Å². The molecule has 40 heavy (non-hydrogen) atoms. The van der Waals surface area contributed by atoms with E-state index >= 15 is 0 Å². The third kappa shape index (κ3) is 5.76. The second kappa shape index (κ2) is 11.1. The zero-order valence-electron chi connectivity index (χ0n) is 22.0. The Kier molecular flexibility index (Phi) is 7.06. The summed E-state index contributed by atoms with van der Waals surface area (Å²) in [4.78, 5) is 37.3. The number of benzene rings is 1. The van der Waals surface area contributed by atoms with Crippen LogP contribution in [-0.4, -0.2) is 73.9 Å². The number of aromatic nitrogens is 7. The molecule has 4 heterocycles. The van der Waals surface area contributed by atoms with Crippen molar-refractivity contribution < 1.29 is 14.3 Å². The fourth-order valence-corrected chi connectivity index (χ4v) is 4.56. The molecule has 2 fully saturated rings. The van der Waals surface area contributed by atoms with E-state index in [0.29, 0.717) is 42.2 Å². The molecule has 4 N–H and O–H groups in total. The van der Waals surface area contributed by atoms with E-state index in [1.807, 2.05) is 35.2 Å². The summed E-state index contributed by atoms with van der Waals surface area (Å²) in [5.41, 5.74) is 1.81. The lowest BCUT2D eigenvalue weighted by molar-refractivity contribution is -0.117. The zero-order valence-corrected chi connectivity index (χ0v) is 22.0. The number of methoxy groups -OCH3 is 2. The molecule has 0 unspecified atom stereocenters. The standard InChI is InChI=1S/C26H29N11O3/c1-39-17-5-3-4-16(10-17)29-24-32-25(31-21-12-19(35-36-21)15-6-7-15)34-26(33-24)37-14-18(40-2)11-20(37)23(38)30-22-13-27-8-9-28-22/h3-5,8-10,12-13,15,18,20H,6-7,11,14H2,1-2H3,(H,28,30,38)(H3,29,31,32,33,34,35,36)/t18-,20-/m0/s1. The molecule has 1 saturated heterocycles. The monoisotopic (exact) mass is 543 g/mol. The van der Waals surface area contributed by atoms with Crippen molar-refractivity contribution in [2.45, 2.75) is 37.3 Å². The summed E-state index contributed by atoms with van der Waals surface area (Å²) < 4.78 is 11.0. The van der Waals surface area contributed by atoms with Gasteiger partial charge in [0, 0.05) is 61.9 Å². The van der Waals surface area contributed by atoms with Crippen LogP contribution in [0.1, 0.15) is 30.9 Å². The van der Waals surface area contributed by atoms with Crippen LogP contribution in [0.4, 0.5) is 35.2 Å². The summed E-state index contributed by atoms with van der Waals surface area (Å²) in [6.07, 6.45) is 7.10. The van der Waals surface area contributed by atoms with E-state index in [1.165, 1.54) is 12.4 Å². The molecule has 1 saturated carbocycles. The van der Waals surface area contributed by atoms with Crippen LogP contribution in [-0.2, 0) is 9.53 Å². The molecule has 1 aliphatic carbocycles. The minimum atomic E-state index is -0.612. The van der Waals surface area contributed by atoms with E-state index in [4.69, 9.17) is 9.47 Å². The lowest BCUT2D eigenvalue weighted by Gasteiger charge is -2.24. The zero-order chi connectivity index (χ0) is 27.5. The molecule has 1 amide bonds. The quantitative estimate of drug-likeness (QED) is 0.231. The normalized spacial score (nSPS) is 18.4. The SMILES string of the molecule is COc1cccc(Nc2nc(Nc3cc(C4CC4)[nH]n3)nc(N3C[C@@H](OC)C[C@H]3C(=O)Nc3cnccn3)n2)c1. The van der Waals surface area contributed by atoms with E-state index in [0.717, 1.165) is 24.2 Å². The van der Waals surface area contributed by atoms with Crippen molar-refractivity contribution in [3.63, 3.8) is 0 Å². The van der Waals surface area contributed by atoms with Crippen LogP contribution in [0, 0.1) is 0 Å². The number of anilines is 6. The summed E-state index contributed by atoms with van der Waals surface area (Å²) in [6.45, 7) is 0.408. The third-order valence-corrected chi connectivity index (χ3v) is 6.77. The Morgan fingerprint density at radius 2 is 1.90 bits per heavy atom. The highest BCUT2D eigenvalue weighted by Crippen LogP contribution is 2.39. The van der Waals surface area contributed by atoms with Crippen LogP contribution < -0.4 is 25.6 Å². The summed E-state index contributed by atoms with van der Waals surface area (Å²) >= 11 is 0. The number of carbonyl (C=O) groups is 1. The number of carbonyl (C=O) groups excluding carboxylic acids is 1.